The highest BCUT2D eigenvalue weighted by Crippen LogP contribution is 2.23. The number of carbonyl (C=O) groups excluding carboxylic acids is 1. The van der Waals surface area contributed by atoms with Crippen molar-refractivity contribution >= 4 is 33.3 Å². The number of rotatable bonds is 1. The number of carbonyl (C=O) groups is 1. The zero-order chi connectivity index (χ0) is 12.3. The van der Waals surface area contributed by atoms with Gasteiger partial charge < -0.3 is 16.4 Å². The van der Waals surface area contributed by atoms with Crippen LogP contribution < -0.4 is 16.4 Å². The number of urea groups is 1. The van der Waals surface area contributed by atoms with Gasteiger partial charge in [-0.25, -0.2) is 4.79 Å². The summed E-state index contributed by atoms with van der Waals surface area (Å²) in [5, 5.41) is 5.54. The normalized spacial score (nSPS) is 11.0. The van der Waals surface area contributed by atoms with E-state index in [4.69, 9.17) is 5.73 Å². The summed E-state index contributed by atoms with van der Waals surface area (Å²) >= 11 is 3.30. The van der Waals surface area contributed by atoms with Crippen molar-refractivity contribution in [3.05, 3.63) is 22.7 Å². The van der Waals surface area contributed by atoms with Crippen molar-refractivity contribution in [2.24, 2.45) is 0 Å². The predicted molar refractivity (Wildman–Crippen MR) is 70.5 cm³/mol. The molecule has 1 rings (SSSR count). The Labute approximate surface area is 104 Å². The lowest BCUT2D eigenvalue weighted by molar-refractivity contribution is 0.244. The van der Waals surface area contributed by atoms with E-state index in [2.05, 4.69) is 26.6 Å². The minimum absolute atomic E-state index is 0.232. The van der Waals surface area contributed by atoms with Crippen LogP contribution in [0.4, 0.5) is 16.2 Å². The van der Waals surface area contributed by atoms with Crippen molar-refractivity contribution in [1.82, 2.24) is 5.32 Å². The molecule has 0 saturated carbocycles. The number of nitrogens with one attached hydrogen (secondary N) is 2. The van der Waals surface area contributed by atoms with Gasteiger partial charge in [-0.15, -0.1) is 0 Å². The molecular weight excluding hydrogens is 270 g/mol. The van der Waals surface area contributed by atoms with E-state index in [9.17, 15) is 4.79 Å². The second-order valence-corrected chi connectivity index (χ2v) is 5.42. The molecule has 0 aliphatic heterocycles. The molecule has 0 radical (unpaired) electrons. The molecule has 0 spiro atoms. The summed E-state index contributed by atoms with van der Waals surface area (Å²) in [5.74, 6) is 0. The lowest BCUT2D eigenvalue weighted by atomic mass is 10.1. The smallest absolute Gasteiger partial charge is 0.319 e. The third kappa shape index (κ3) is 4.10. The molecule has 88 valence electrons. The Morgan fingerprint density at radius 1 is 1.38 bits per heavy atom. The van der Waals surface area contributed by atoms with Crippen molar-refractivity contribution in [3.63, 3.8) is 0 Å². The molecule has 0 bridgehead atoms. The van der Waals surface area contributed by atoms with Crippen LogP contribution >= 0.6 is 15.9 Å². The first-order valence-electron chi connectivity index (χ1n) is 4.92. The van der Waals surface area contributed by atoms with E-state index in [1.54, 1.807) is 18.2 Å². The summed E-state index contributed by atoms with van der Waals surface area (Å²) in [5.41, 5.74) is 6.73. The van der Waals surface area contributed by atoms with Crippen LogP contribution in [-0.2, 0) is 0 Å². The topological polar surface area (TPSA) is 67.2 Å². The van der Waals surface area contributed by atoms with E-state index in [-0.39, 0.29) is 11.6 Å². The summed E-state index contributed by atoms with van der Waals surface area (Å²) in [7, 11) is 0. The Bertz CT molecular complexity index is 399. The molecular formula is C11H16BrN3O. The summed E-state index contributed by atoms with van der Waals surface area (Å²) in [4.78, 5) is 11.6. The van der Waals surface area contributed by atoms with Gasteiger partial charge in [0.25, 0.3) is 0 Å². The van der Waals surface area contributed by atoms with Crippen LogP contribution in [0.15, 0.2) is 22.7 Å². The number of nitrogen functional groups attached to an aromatic ring is 1. The Hall–Kier alpha value is -1.23. The van der Waals surface area contributed by atoms with Crippen molar-refractivity contribution in [2.75, 3.05) is 11.1 Å². The molecule has 0 fully saturated rings. The lowest BCUT2D eigenvalue weighted by Crippen LogP contribution is -2.43. The fourth-order valence-electron chi connectivity index (χ4n) is 1.11. The summed E-state index contributed by atoms with van der Waals surface area (Å²) in [6, 6.07) is 5.01. The van der Waals surface area contributed by atoms with Gasteiger partial charge in [-0.1, -0.05) is 0 Å². The average molecular weight is 286 g/mol. The summed E-state index contributed by atoms with van der Waals surface area (Å²) < 4.78 is 0.765. The van der Waals surface area contributed by atoms with Crippen LogP contribution in [0.3, 0.4) is 0 Å². The highest BCUT2D eigenvalue weighted by molar-refractivity contribution is 9.10. The Morgan fingerprint density at radius 3 is 2.50 bits per heavy atom. The highest BCUT2D eigenvalue weighted by atomic mass is 79.9. The minimum Gasteiger partial charge on any atom is -0.398 e. The Kier molecular flexibility index (Phi) is 3.80. The average Bonchev–Trinajstić information content (AvgIpc) is 2.08. The first-order chi connectivity index (χ1) is 7.28. The fourth-order valence-corrected chi connectivity index (χ4v) is 1.49. The fraction of sp³-hybridized carbons (Fsp3) is 0.364. The van der Waals surface area contributed by atoms with Crippen LogP contribution in [0.5, 0.6) is 0 Å². The van der Waals surface area contributed by atoms with Crippen LogP contribution in [0.25, 0.3) is 0 Å². The number of halogens is 1. The number of hydrogen-bond acceptors (Lipinski definition) is 2. The number of hydrogen-bond donors (Lipinski definition) is 3. The molecule has 0 saturated heterocycles. The third-order valence-electron chi connectivity index (χ3n) is 1.75. The van der Waals surface area contributed by atoms with Crippen LogP contribution in [0.2, 0.25) is 0 Å². The van der Waals surface area contributed by atoms with Gasteiger partial charge in [-0.05, 0) is 54.9 Å². The van der Waals surface area contributed by atoms with Gasteiger partial charge in [0.2, 0.25) is 0 Å². The molecule has 2 amide bonds. The van der Waals surface area contributed by atoms with E-state index in [1.807, 2.05) is 20.8 Å². The molecule has 4 nitrogen and oxygen atoms in total. The van der Waals surface area contributed by atoms with Gasteiger partial charge in [-0.2, -0.15) is 0 Å². The van der Waals surface area contributed by atoms with E-state index < -0.39 is 0 Å². The number of amides is 2. The second-order valence-electron chi connectivity index (χ2n) is 4.57. The zero-order valence-electron chi connectivity index (χ0n) is 9.60. The standard InChI is InChI=1S/C11H16BrN3O/c1-11(2,3)15-10(16)14-7-4-5-9(13)8(12)6-7/h4-6H,13H2,1-3H3,(H2,14,15,16). The quantitative estimate of drug-likeness (QED) is 0.695. The predicted octanol–water partition coefficient (Wildman–Crippen LogP) is 2.95. The SMILES string of the molecule is CC(C)(C)NC(=O)Nc1ccc(N)c(Br)c1. The van der Waals surface area contributed by atoms with E-state index >= 15 is 0 Å². The molecule has 5 heteroatoms. The second kappa shape index (κ2) is 4.74. The summed E-state index contributed by atoms with van der Waals surface area (Å²) in [6.45, 7) is 5.77. The van der Waals surface area contributed by atoms with Crippen molar-refractivity contribution in [3.8, 4) is 0 Å². The molecule has 0 aliphatic carbocycles. The molecule has 0 atom stereocenters. The maximum absolute atomic E-state index is 11.6. The third-order valence-corrected chi connectivity index (χ3v) is 2.43. The van der Waals surface area contributed by atoms with Gasteiger partial charge in [0, 0.05) is 21.4 Å². The zero-order valence-corrected chi connectivity index (χ0v) is 11.2. The minimum atomic E-state index is -0.255. The molecule has 1 aromatic carbocycles. The molecule has 0 unspecified atom stereocenters. The summed E-state index contributed by atoms with van der Waals surface area (Å²) in [6.07, 6.45) is 0. The Morgan fingerprint density at radius 2 is 2.00 bits per heavy atom. The van der Waals surface area contributed by atoms with Crippen LogP contribution in [0, 0.1) is 0 Å². The first-order valence-corrected chi connectivity index (χ1v) is 5.71. The highest BCUT2D eigenvalue weighted by Gasteiger charge is 2.13. The lowest BCUT2D eigenvalue weighted by Gasteiger charge is -2.20. The largest absolute Gasteiger partial charge is 0.398 e. The van der Waals surface area contributed by atoms with Gasteiger partial charge in [0.05, 0.1) is 0 Å². The number of nitrogens with two attached hydrogens (primary N) is 1. The van der Waals surface area contributed by atoms with Gasteiger partial charge >= 0.3 is 6.03 Å². The van der Waals surface area contributed by atoms with Crippen molar-refractivity contribution in [2.45, 2.75) is 26.3 Å². The van der Waals surface area contributed by atoms with Gasteiger partial charge in [0.1, 0.15) is 0 Å². The first kappa shape index (κ1) is 12.8. The molecule has 0 heterocycles. The van der Waals surface area contributed by atoms with Crippen LogP contribution in [0.1, 0.15) is 20.8 Å². The van der Waals surface area contributed by atoms with Gasteiger partial charge in [0.15, 0.2) is 0 Å². The molecule has 4 N–H and O–H groups in total. The van der Waals surface area contributed by atoms with Crippen molar-refractivity contribution in [1.29, 1.82) is 0 Å². The maximum Gasteiger partial charge on any atom is 0.319 e. The monoisotopic (exact) mass is 285 g/mol. The van der Waals surface area contributed by atoms with E-state index in [0.29, 0.717) is 11.4 Å². The van der Waals surface area contributed by atoms with Gasteiger partial charge in [-0.3, -0.25) is 0 Å². The van der Waals surface area contributed by atoms with E-state index in [0.717, 1.165) is 4.47 Å². The van der Waals surface area contributed by atoms with Crippen LogP contribution in [-0.4, -0.2) is 11.6 Å². The molecule has 0 aromatic heterocycles. The number of anilines is 2. The molecule has 16 heavy (non-hydrogen) atoms. The molecule has 0 aliphatic rings. The Balaban J connectivity index is 2.67. The molecule has 1 aromatic rings. The maximum atomic E-state index is 11.6. The van der Waals surface area contributed by atoms with Crippen molar-refractivity contribution < 1.29 is 4.79 Å². The number of benzene rings is 1. The van der Waals surface area contributed by atoms with E-state index in [1.165, 1.54) is 0 Å².